The predicted octanol–water partition coefficient (Wildman–Crippen LogP) is 1.53. The van der Waals surface area contributed by atoms with E-state index in [9.17, 15) is 4.79 Å². The van der Waals surface area contributed by atoms with Crippen molar-refractivity contribution in [1.29, 1.82) is 0 Å². The van der Waals surface area contributed by atoms with Crippen molar-refractivity contribution in [3.8, 4) is 0 Å². The molecule has 2 N–H and O–H groups in total. The van der Waals surface area contributed by atoms with Gasteiger partial charge in [-0.15, -0.1) is 11.8 Å². The Kier molecular flexibility index (Phi) is 5.04. The van der Waals surface area contributed by atoms with Gasteiger partial charge in [-0.25, -0.2) is 4.98 Å². The van der Waals surface area contributed by atoms with Crippen LogP contribution in [0.1, 0.15) is 13.8 Å². The Morgan fingerprint density at radius 2 is 2.32 bits per heavy atom. The first-order chi connectivity index (χ1) is 9.24. The van der Waals surface area contributed by atoms with Gasteiger partial charge in [0.05, 0.1) is 17.9 Å². The van der Waals surface area contributed by atoms with Crippen LogP contribution >= 0.6 is 11.8 Å². The second-order valence-corrected chi connectivity index (χ2v) is 5.37. The molecule has 19 heavy (non-hydrogen) atoms. The average Bonchev–Trinajstić information content (AvgIpc) is 2.96. The fourth-order valence-corrected chi connectivity index (χ4v) is 2.93. The van der Waals surface area contributed by atoms with E-state index in [-0.39, 0.29) is 11.9 Å². The topological polar surface area (TPSA) is 57.3 Å². The number of hydrogen-bond donors (Lipinski definition) is 2. The van der Waals surface area contributed by atoms with E-state index in [1.807, 2.05) is 12.1 Å². The summed E-state index contributed by atoms with van der Waals surface area (Å²) in [5.41, 5.74) is 0.750. The molecule has 0 bridgehead atoms. The first-order valence-electron chi connectivity index (χ1n) is 6.57. The number of amides is 1. The summed E-state index contributed by atoms with van der Waals surface area (Å²) in [4.78, 5) is 18.5. The molecule has 5 nitrogen and oxygen atoms in total. The molecular weight excluding hydrogens is 260 g/mol. The quantitative estimate of drug-likeness (QED) is 0.856. The van der Waals surface area contributed by atoms with Crippen LogP contribution in [0.25, 0.3) is 0 Å². The molecule has 2 heterocycles. The lowest BCUT2D eigenvalue weighted by Gasteiger charge is -2.19. The fraction of sp³-hybridized carbons (Fsp3) is 0.538. The first kappa shape index (κ1) is 14.1. The number of thioether (sulfide) groups is 1. The van der Waals surface area contributed by atoms with Crippen molar-refractivity contribution >= 4 is 29.2 Å². The van der Waals surface area contributed by atoms with E-state index in [4.69, 9.17) is 0 Å². The Bertz CT molecular complexity index is 413. The zero-order valence-corrected chi connectivity index (χ0v) is 12.2. The third-order valence-electron chi connectivity index (χ3n) is 3.14. The van der Waals surface area contributed by atoms with Gasteiger partial charge in [0.15, 0.2) is 0 Å². The van der Waals surface area contributed by atoms with Gasteiger partial charge in [0.25, 0.3) is 0 Å². The van der Waals surface area contributed by atoms with Crippen LogP contribution in [-0.2, 0) is 4.79 Å². The molecule has 1 aliphatic heterocycles. The lowest BCUT2D eigenvalue weighted by Crippen LogP contribution is -2.37. The maximum absolute atomic E-state index is 11.9. The average molecular weight is 280 g/mol. The number of nitrogens with one attached hydrogen (secondary N) is 2. The minimum absolute atomic E-state index is 0.0161. The molecule has 1 unspecified atom stereocenters. The molecule has 1 aromatic heterocycles. The molecule has 1 amide bonds. The first-order valence-corrected chi connectivity index (χ1v) is 7.73. The van der Waals surface area contributed by atoms with E-state index in [0.29, 0.717) is 0 Å². The van der Waals surface area contributed by atoms with Crippen LogP contribution in [0.5, 0.6) is 0 Å². The number of carbonyl (C=O) groups excluding carboxylic acids is 1. The third-order valence-corrected chi connectivity index (χ3v) is 4.08. The Balaban J connectivity index is 1.96. The number of hydrogen-bond acceptors (Lipinski definition) is 5. The Labute approximate surface area is 118 Å². The van der Waals surface area contributed by atoms with Crippen LogP contribution in [0.2, 0.25) is 0 Å². The standard InChI is InChI=1S/C13H20N4OS/c1-3-17(4-2)12-6-5-10(7-14-12)16-13(18)11-8-19-9-15-11/h5-7,11,15H,3-4,8-9H2,1-2H3,(H,16,18). The highest BCUT2D eigenvalue weighted by Crippen LogP contribution is 2.15. The summed E-state index contributed by atoms with van der Waals surface area (Å²) in [6, 6.07) is 3.76. The molecule has 6 heteroatoms. The second-order valence-electron chi connectivity index (χ2n) is 4.34. The predicted molar refractivity (Wildman–Crippen MR) is 80.7 cm³/mol. The number of aromatic nitrogens is 1. The van der Waals surface area contributed by atoms with Gasteiger partial charge >= 0.3 is 0 Å². The summed E-state index contributed by atoms with van der Waals surface area (Å²) in [6.45, 7) is 6.06. The molecule has 2 rings (SSSR count). The molecule has 0 aromatic carbocycles. The van der Waals surface area contributed by atoms with Crippen molar-refractivity contribution in [3.05, 3.63) is 18.3 Å². The van der Waals surface area contributed by atoms with Crippen molar-refractivity contribution in [2.24, 2.45) is 0 Å². The maximum Gasteiger partial charge on any atom is 0.242 e. The van der Waals surface area contributed by atoms with Crippen LogP contribution in [0, 0.1) is 0 Å². The van der Waals surface area contributed by atoms with Gasteiger partial charge in [0.1, 0.15) is 5.82 Å². The molecule has 0 radical (unpaired) electrons. The zero-order chi connectivity index (χ0) is 13.7. The van der Waals surface area contributed by atoms with Gasteiger partial charge in [-0.05, 0) is 26.0 Å². The highest BCUT2D eigenvalue weighted by molar-refractivity contribution is 7.99. The normalized spacial score (nSPS) is 18.3. The Morgan fingerprint density at radius 1 is 1.53 bits per heavy atom. The molecule has 0 saturated carbocycles. The lowest BCUT2D eigenvalue weighted by atomic mass is 10.3. The van der Waals surface area contributed by atoms with E-state index in [1.54, 1.807) is 18.0 Å². The van der Waals surface area contributed by atoms with Gasteiger partial charge in [-0.2, -0.15) is 0 Å². The molecule has 1 aromatic rings. The Morgan fingerprint density at radius 3 is 2.84 bits per heavy atom. The van der Waals surface area contributed by atoms with Crippen LogP contribution < -0.4 is 15.5 Å². The van der Waals surface area contributed by atoms with Gasteiger partial charge in [0, 0.05) is 24.7 Å². The van der Waals surface area contributed by atoms with Crippen LogP contribution in [0.3, 0.4) is 0 Å². The largest absolute Gasteiger partial charge is 0.357 e. The molecule has 1 fully saturated rings. The molecule has 1 saturated heterocycles. The van der Waals surface area contributed by atoms with Crippen molar-refractivity contribution in [3.63, 3.8) is 0 Å². The molecule has 1 aliphatic rings. The monoisotopic (exact) mass is 280 g/mol. The van der Waals surface area contributed by atoms with Gasteiger partial charge in [-0.1, -0.05) is 0 Å². The number of nitrogens with zero attached hydrogens (tertiary/aromatic N) is 2. The maximum atomic E-state index is 11.9. The summed E-state index contributed by atoms with van der Waals surface area (Å²) < 4.78 is 0. The van der Waals surface area contributed by atoms with E-state index in [1.165, 1.54) is 0 Å². The van der Waals surface area contributed by atoms with Crippen LogP contribution in [0.15, 0.2) is 18.3 Å². The number of carbonyl (C=O) groups is 1. The number of pyridine rings is 1. The summed E-state index contributed by atoms with van der Waals surface area (Å²) >= 11 is 1.74. The van der Waals surface area contributed by atoms with Crippen molar-refractivity contribution in [2.45, 2.75) is 19.9 Å². The molecule has 104 valence electrons. The van der Waals surface area contributed by atoms with E-state index in [0.717, 1.165) is 36.2 Å². The molecule has 1 atom stereocenters. The van der Waals surface area contributed by atoms with Crippen molar-refractivity contribution < 1.29 is 4.79 Å². The second kappa shape index (κ2) is 6.77. The third kappa shape index (κ3) is 3.61. The smallest absolute Gasteiger partial charge is 0.242 e. The van der Waals surface area contributed by atoms with Gasteiger partial charge < -0.3 is 10.2 Å². The van der Waals surface area contributed by atoms with Crippen molar-refractivity contribution in [1.82, 2.24) is 10.3 Å². The molecule has 0 spiro atoms. The SMILES string of the molecule is CCN(CC)c1ccc(NC(=O)C2CSCN2)cn1. The van der Waals surface area contributed by atoms with E-state index < -0.39 is 0 Å². The summed E-state index contributed by atoms with van der Waals surface area (Å²) in [6.07, 6.45) is 1.72. The number of anilines is 2. The highest BCUT2D eigenvalue weighted by Gasteiger charge is 2.22. The van der Waals surface area contributed by atoms with Crippen molar-refractivity contribution in [2.75, 3.05) is 34.9 Å². The highest BCUT2D eigenvalue weighted by atomic mass is 32.2. The summed E-state index contributed by atoms with van der Waals surface area (Å²) in [5, 5.41) is 6.04. The van der Waals surface area contributed by atoms with E-state index >= 15 is 0 Å². The minimum atomic E-state index is -0.0903. The number of rotatable bonds is 5. The Hall–Kier alpha value is -1.27. The fourth-order valence-electron chi connectivity index (χ4n) is 1.99. The minimum Gasteiger partial charge on any atom is -0.357 e. The van der Waals surface area contributed by atoms with Crippen LogP contribution in [-0.4, -0.2) is 41.7 Å². The van der Waals surface area contributed by atoms with Gasteiger partial charge in [0.2, 0.25) is 5.91 Å². The lowest BCUT2D eigenvalue weighted by molar-refractivity contribution is -0.117. The zero-order valence-electron chi connectivity index (χ0n) is 11.3. The summed E-state index contributed by atoms with van der Waals surface area (Å²) in [5.74, 6) is 2.63. The summed E-state index contributed by atoms with van der Waals surface area (Å²) in [7, 11) is 0. The van der Waals surface area contributed by atoms with Gasteiger partial charge in [-0.3, -0.25) is 10.1 Å². The molecular formula is C13H20N4OS. The molecule has 0 aliphatic carbocycles. The van der Waals surface area contributed by atoms with Crippen LogP contribution in [0.4, 0.5) is 11.5 Å². The van der Waals surface area contributed by atoms with E-state index in [2.05, 4.69) is 34.4 Å².